The number of rotatable bonds is 2. The molecule has 0 aromatic heterocycles. The van der Waals surface area contributed by atoms with Gasteiger partial charge in [0.15, 0.2) is 4.87 Å². The topological polar surface area (TPSA) is 41.6 Å². The molecule has 0 fully saturated rings. The number of ether oxygens (including phenoxy) is 1. The highest BCUT2D eigenvalue weighted by Gasteiger charge is 2.60. The van der Waals surface area contributed by atoms with Crippen molar-refractivity contribution in [3.63, 3.8) is 0 Å². The lowest BCUT2D eigenvalue weighted by atomic mass is 9.80. The van der Waals surface area contributed by atoms with Gasteiger partial charge in [-0.3, -0.25) is 4.79 Å². The van der Waals surface area contributed by atoms with Crippen LogP contribution in [0.4, 0.5) is 11.4 Å². The Morgan fingerprint density at radius 2 is 2.07 bits per heavy atom. The van der Waals surface area contributed by atoms with Crippen LogP contribution in [0.2, 0.25) is 0 Å². The average molecular weight is 381 g/mol. The van der Waals surface area contributed by atoms with Crippen molar-refractivity contribution in [2.75, 3.05) is 16.8 Å². The fourth-order valence-corrected chi connectivity index (χ4v) is 6.24. The second-order valence-electron chi connectivity index (χ2n) is 8.30. The third-order valence-corrected chi connectivity index (χ3v) is 7.31. The van der Waals surface area contributed by atoms with Crippen LogP contribution in [-0.4, -0.2) is 18.1 Å². The van der Waals surface area contributed by atoms with Gasteiger partial charge in [0, 0.05) is 21.7 Å². The van der Waals surface area contributed by atoms with Crippen LogP contribution in [-0.2, 0) is 9.67 Å². The maximum atomic E-state index is 13.9. The van der Waals surface area contributed by atoms with E-state index in [-0.39, 0.29) is 11.4 Å². The van der Waals surface area contributed by atoms with Crippen LogP contribution < -0.4 is 15.0 Å². The predicted octanol–water partition coefficient (Wildman–Crippen LogP) is 5.09. The number of benzene rings is 2. The smallest absolute Gasteiger partial charge is 0.268 e. The van der Waals surface area contributed by atoms with Gasteiger partial charge in [0.1, 0.15) is 5.75 Å². The van der Waals surface area contributed by atoms with Crippen molar-refractivity contribution in [1.82, 2.24) is 0 Å². The first-order valence-corrected chi connectivity index (χ1v) is 10.4. The quantitative estimate of drug-likeness (QED) is 0.788. The van der Waals surface area contributed by atoms with Gasteiger partial charge in [-0.1, -0.05) is 30.8 Å². The summed E-state index contributed by atoms with van der Waals surface area (Å²) in [5, 5.41) is 3.57. The largest absolute Gasteiger partial charge is 0.494 e. The Kier molecular flexibility index (Phi) is 3.43. The molecule has 4 nitrogen and oxygen atoms in total. The van der Waals surface area contributed by atoms with Crippen LogP contribution in [0.25, 0.3) is 0 Å². The molecule has 2 atom stereocenters. The standard InChI is InChI=1S/C22H24N2O2S/c1-5-26-14-10-15-13(2)12-21(3,4)24-19(15)16(11-14)22(20(24)25)23-17-8-6-7-9-18(17)27-22/h6-11,13,23H,5,12H2,1-4H3/t13-,22-/m0/s1. The fourth-order valence-electron chi connectivity index (χ4n) is 4.93. The van der Waals surface area contributed by atoms with Gasteiger partial charge >= 0.3 is 0 Å². The predicted molar refractivity (Wildman–Crippen MR) is 110 cm³/mol. The molecular weight excluding hydrogens is 356 g/mol. The molecule has 3 aliphatic rings. The molecule has 0 unspecified atom stereocenters. The summed E-state index contributed by atoms with van der Waals surface area (Å²) in [5.74, 6) is 1.36. The van der Waals surface area contributed by atoms with Crippen LogP contribution in [0.15, 0.2) is 41.3 Å². The number of carbonyl (C=O) groups is 1. The highest BCUT2D eigenvalue weighted by Crippen LogP contribution is 2.62. The summed E-state index contributed by atoms with van der Waals surface area (Å²) < 4.78 is 5.88. The lowest BCUT2D eigenvalue weighted by molar-refractivity contribution is -0.120. The third kappa shape index (κ3) is 2.15. The van der Waals surface area contributed by atoms with Crippen LogP contribution in [0.5, 0.6) is 5.75 Å². The van der Waals surface area contributed by atoms with E-state index in [9.17, 15) is 4.79 Å². The maximum Gasteiger partial charge on any atom is 0.268 e. The average Bonchev–Trinajstić information content (AvgIpc) is 3.11. The van der Waals surface area contributed by atoms with Gasteiger partial charge in [-0.2, -0.15) is 0 Å². The van der Waals surface area contributed by atoms with Gasteiger partial charge in [0.2, 0.25) is 0 Å². The van der Waals surface area contributed by atoms with Crippen molar-refractivity contribution in [3.05, 3.63) is 47.5 Å². The van der Waals surface area contributed by atoms with E-state index in [2.05, 4.69) is 44.3 Å². The zero-order valence-electron chi connectivity index (χ0n) is 16.1. The van der Waals surface area contributed by atoms with E-state index in [0.717, 1.165) is 34.0 Å². The van der Waals surface area contributed by atoms with Crippen LogP contribution in [0, 0.1) is 0 Å². The van der Waals surface area contributed by atoms with Crippen molar-refractivity contribution in [2.45, 2.75) is 55.3 Å². The molecule has 140 valence electrons. The Balaban J connectivity index is 1.77. The summed E-state index contributed by atoms with van der Waals surface area (Å²) in [5.41, 5.74) is 4.15. The molecule has 5 rings (SSSR count). The molecule has 0 bridgehead atoms. The Morgan fingerprint density at radius 3 is 2.81 bits per heavy atom. The lowest BCUT2D eigenvalue weighted by Gasteiger charge is -2.44. The Morgan fingerprint density at radius 1 is 1.30 bits per heavy atom. The lowest BCUT2D eigenvalue weighted by Crippen LogP contribution is -2.53. The van der Waals surface area contributed by atoms with E-state index in [1.54, 1.807) is 11.8 Å². The van der Waals surface area contributed by atoms with Crippen LogP contribution in [0.1, 0.15) is 51.2 Å². The molecule has 1 amide bonds. The molecule has 0 radical (unpaired) electrons. The van der Waals surface area contributed by atoms with Gasteiger partial charge in [-0.05, 0) is 62.9 Å². The van der Waals surface area contributed by atoms with Gasteiger partial charge in [0.05, 0.1) is 12.3 Å². The first-order valence-electron chi connectivity index (χ1n) is 9.59. The van der Waals surface area contributed by atoms with Crippen LogP contribution >= 0.6 is 11.8 Å². The number of fused-ring (bicyclic) bond motifs is 2. The molecule has 5 heteroatoms. The molecule has 2 aromatic rings. The molecule has 3 aliphatic heterocycles. The summed E-state index contributed by atoms with van der Waals surface area (Å²) in [7, 11) is 0. The number of amides is 1. The summed E-state index contributed by atoms with van der Waals surface area (Å²) in [4.78, 5) is 16.2. The van der Waals surface area contributed by atoms with Crippen molar-refractivity contribution in [1.29, 1.82) is 0 Å². The number of hydrogen-bond donors (Lipinski definition) is 1. The number of nitrogens with one attached hydrogen (secondary N) is 1. The molecular formula is C22H24N2O2S. The van der Waals surface area contributed by atoms with Gasteiger partial charge < -0.3 is 15.0 Å². The zero-order chi connectivity index (χ0) is 19.0. The molecule has 27 heavy (non-hydrogen) atoms. The second-order valence-corrected chi connectivity index (χ2v) is 9.56. The monoisotopic (exact) mass is 380 g/mol. The Labute approximate surface area is 164 Å². The van der Waals surface area contributed by atoms with E-state index >= 15 is 0 Å². The molecule has 3 heterocycles. The Hall–Kier alpha value is -2.14. The number of nitrogens with zero attached hydrogens (tertiary/aromatic N) is 1. The summed E-state index contributed by atoms with van der Waals surface area (Å²) in [6.07, 6.45) is 0.939. The second kappa shape index (κ2) is 5.44. The van der Waals surface area contributed by atoms with E-state index < -0.39 is 4.87 Å². The minimum absolute atomic E-state index is 0.130. The minimum Gasteiger partial charge on any atom is -0.494 e. The maximum absolute atomic E-state index is 13.9. The van der Waals surface area contributed by atoms with Gasteiger partial charge in [0.25, 0.3) is 5.91 Å². The molecule has 0 aliphatic carbocycles. The van der Waals surface area contributed by atoms with E-state index in [1.165, 1.54) is 5.56 Å². The number of para-hydroxylation sites is 1. The van der Waals surface area contributed by atoms with E-state index in [0.29, 0.717) is 12.5 Å². The van der Waals surface area contributed by atoms with Crippen molar-refractivity contribution in [3.8, 4) is 5.75 Å². The molecule has 1 spiro atoms. The molecule has 0 saturated heterocycles. The number of carbonyl (C=O) groups excluding carboxylic acids is 1. The van der Waals surface area contributed by atoms with Crippen molar-refractivity contribution in [2.24, 2.45) is 0 Å². The zero-order valence-corrected chi connectivity index (χ0v) is 16.9. The summed E-state index contributed by atoms with van der Waals surface area (Å²) in [6.45, 7) is 9.22. The third-order valence-electron chi connectivity index (χ3n) is 5.93. The fraction of sp³-hybridized carbons (Fsp3) is 0.409. The SMILES string of the molecule is CCOc1cc2c3c(c1)[C@@]1(Nc4ccccc4S1)C(=O)N3C(C)(C)C[C@@H]2C. The molecule has 1 N–H and O–H groups in total. The van der Waals surface area contributed by atoms with Gasteiger partial charge in [-0.25, -0.2) is 0 Å². The minimum atomic E-state index is -0.803. The van der Waals surface area contributed by atoms with E-state index in [1.807, 2.05) is 30.0 Å². The number of hydrogen-bond acceptors (Lipinski definition) is 4. The van der Waals surface area contributed by atoms with Crippen molar-refractivity contribution >= 4 is 29.0 Å². The summed E-state index contributed by atoms with van der Waals surface area (Å²) in [6, 6.07) is 12.4. The molecule has 2 aromatic carbocycles. The normalized spacial score (nSPS) is 26.7. The summed E-state index contributed by atoms with van der Waals surface area (Å²) >= 11 is 1.62. The first-order chi connectivity index (χ1) is 12.9. The number of anilines is 2. The van der Waals surface area contributed by atoms with Crippen molar-refractivity contribution < 1.29 is 9.53 Å². The van der Waals surface area contributed by atoms with E-state index in [4.69, 9.17) is 4.74 Å². The first kappa shape index (κ1) is 17.0. The highest BCUT2D eigenvalue weighted by atomic mass is 32.2. The number of thioether (sulfide) groups is 1. The molecule has 0 saturated carbocycles. The van der Waals surface area contributed by atoms with Crippen LogP contribution in [0.3, 0.4) is 0 Å². The Bertz CT molecular complexity index is 944. The highest BCUT2D eigenvalue weighted by molar-refractivity contribution is 8.01. The van der Waals surface area contributed by atoms with Gasteiger partial charge in [-0.15, -0.1) is 0 Å².